The van der Waals surface area contributed by atoms with E-state index in [2.05, 4.69) is 36.6 Å². The van der Waals surface area contributed by atoms with Gasteiger partial charge in [0.15, 0.2) is 0 Å². The summed E-state index contributed by atoms with van der Waals surface area (Å²) in [6, 6.07) is 12.0. The van der Waals surface area contributed by atoms with Crippen LogP contribution in [-0.4, -0.2) is 13.1 Å². The van der Waals surface area contributed by atoms with Crippen LogP contribution in [0, 0.1) is 13.8 Å². The molecule has 0 fully saturated rings. The van der Waals surface area contributed by atoms with E-state index in [0.29, 0.717) is 0 Å². The summed E-state index contributed by atoms with van der Waals surface area (Å²) < 4.78 is 0. The van der Waals surface area contributed by atoms with Gasteiger partial charge in [-0.05, 0) is 80.6 Å². The fraction of sp³-hybridized carbons (Fsp3) is 0.368. The molecule has 0 saturated carbocycles. The molecule has 4 heteroatoms. The average molecular weight is 312 g/mol. The number of anilines is 4. The van der Waals surface area contributed by atoms with Gasteiger partial charge in [0.25, 0.3) is 0 Å². The summed E-state index contributed by atoms with van der Waals surface area (Å²) in [5.41, 5.74) is 17.9. The molecule has 2 aromatic rings. The van der Waals surface area contributed by atoms with Crippen molar-refractivity contribution in [3.63, 3.8) is 0 Å². The Morgan fingerprint density at radius 1 is 0.696 bits per heavy atom. The molecule has 0 bridgehead atoms. The van der Waals surface area contributed by atoms with E-state index in [1.165, 1.54) is 28.9 Å². The Labute approximate surface area is 139 Å². The van der Waals surface area contributed by atoms with Gasteiger partial charge in [0, 0.05) is 35.8 Å². The topological polar surface area (TPSA) is 76.1 Å². The van der Waals surface area contributed by atoms with E-state index in [9.17, 15) is 0 Å². The van der Waals surface area contributed by atoms with Gasteiger partial charge in [-0.25, -0.2) is 0 Å². The van der Waals surface area contributed by atoms with Gasteiger partial charge in [-0.2, -0.15) is 0 Å². The van der Waals surface area contributed by atoms with E-state index >= 15 is 0 Å². The smallest absolute Gasteiger partial charge is 0.0371 e. The first-order valence-electron chi connectivity index (χ1n) is 8.26. The van der Waals surface area contributed by atoms with Crippen LogP contribution in [0.3, 0.4) is 0 Å². The maximum atomic E-state index is 5.76. The third-order valence-electron chi connectivity index (χ3n) is 3.99. The number of unbranched alkanes of at least 4 members (excludes halogenated alkanes) is 2. The minimum Gasteiger partial charge on any atom is -0.399 e. The van der Waals surface area contributed by atoms with E-state index in [0.717, 1.165) is 37.3 Å². The van der Waals surface area contributed by atoms with Crippen LogP contribution in [0.5, 0.6) is 0 Å². The predicted molar refractivity (Wildman–Crippen MR) is 102 cm³/mol. The highest BCUT2D eigenvalue weighted by Crippen LogP contribution is 2.18. The van der Waals surface area contributed by atoms with E-state index in [1.54, 1.807) is 0 Å². The summed E-state index contributed by atoms with van der Waals surface area (Å²) in [5.74, 6) is 0. The van der Waals surface area contributed by atoms with Crippen molar-refractivity contribution < 1.29 is 0 Å². The number of hydrogen-bond acceptors (Lipinski definition) is 4. The zero-order valence-corrected chi connectivity index (χ0v) is 14.2. The molecule has 2 aromatic carbocycles. The Morgan fingerprint density at radius 3 is 1.52 bits per heavy atom. The van der Waals surface area contributed by atoms with Gasteiger partial charge in [0.05, 0.1) is 0 Å². The zero-order chi connectivity index (χ0) is 16.7. The van der Waals surface area contributed by atoms with Crippen LogP contribution in [0.2, 0.25) is 0 Å². The molecule has 4 nitrogen and oxygen atoms in total. The maximum absolute atomic E-state index is 5.76. The highest BCUT2D eigenvalue weighted by Gasteiger charge is 1.99. The highest BCUT2D eigenvalue weighted by molar-refractivity contribution is 5.58. The number of benzene rings is 2. The Bertz CT molecular complexity index is 582. The first-order valence-corrected chi connectivity index (χ1v) is 8.26. The van der Waals surface area contributed by atoms with Crippen LogP contribution >= 0.6 is 0 Å². The van der Waals surface area contributed by atoms with E-state index in [4.69, 9.17) is 11.5 Å². The molecule has 0 aromatic heterocycles. The molecular weight excluding hydrogens is 284 g/mol. The molecule has 124 valence electrons. The van der Waals surface area contributed by atoms with E-state index in [-0.39, 0.29) is 0 Å². The van der Waals surface area contributed by atoms with Gasteiger partial charge in [-0.1, -0.05) is 0 Å². The molecule has 0 amide bonds. The van der Waals surface area contributed by atoms with E-state index < -0.39 is 0 Å². The fourth-order valence-electron chi connectivity index (χ4n) is 2.64. The SMILES string of the molecule is Cc1cc(N)ccc1NCCCCCNc1ccc(N)cc1C. The van der Waals surface area contributed by atoms with Crippen molar-refractivity contribution in [2.75, 3.05) is 35.2 Å². The molecule has 2 rings (SSSR count). The van der Waals surface area contributed by atoms with Crippen LogP contribution < -0.4 is 22.1 Å². The number of hydrogen-bond donors (Lipinski definition) is 4. The lowest BCUT2D eigenvalue weighted by Crippen LogP contribution is -2.06. The molecule has 0 aliphatic rings. The normalized spacial score (nSPS) is 10.5. The molecule has 0 spiro atoms. The summed E-state index contributed by atoms with van der Waals surface area (Å²) in [5, 5.41) is 6.95. The number of rotatable bonds is 8. The summed E-state index contributed by atoms with van der Waals surface area (Å²) in [4.78, 5) is 0. The third kappa shape index (κ3) is 5.40. The summed E-state index contributed by atoms with van der Waals surface area (Å²) in [7, 11) is 0. The minimum absolute atomic E-state index is 0.817. The van der Waals surface area contributed by atoms with Crippen molar-refractivity contribution >= 4 is 22.7 Å². The van der Waals surface area contributed by atoms with Crippen LogP contribution in [0.1, 0.15) is 30.4 Å². The van der Waals surface area contributed by atoms with E-state index in [1.807, 2.05) is 24.3 Å². The minimum atomic E-state index is 0.817. The van der Waals surface area contributed by atoms with Gasteiger partial charge >= 0.3 is 0 Å². The Balaban J connectivity index is 1.61. The van der Waals surface area contributed by atoms with Crippen molar-refractivity contribution in [1.82, 2.24) is 0 Å². The molecule has 23 heavy (non-hydrogen) atoms. The van der Waals surface area contributed by atoms with Crippen molar-refractivity contribution in [2.45, 2.75) is 33.1 Å². The maximum Gasteiger partial charge on any atom is 0.0371 e. The van der Waals surface area contributed by atoms with Gasteiger partial charge in [-0.15, -0.1) is 0 Å². The van der Waals surface area contributed by atoms with Gasteiger partial charge in [0.1, 0.15) is 0 Å². The van der Waals surface area contributed by atoms with Crippen molar-refractivity contribution in [2.24, 2.45) is 0 Å². The predicted octanol–water partition coefficient (Wildman–Crippen LogP) is 4.16. The second-order valence-electron chi connectivity index (χ2n) is 6.06. The largest absolute Gasteiger partial charge is 0.399 e. The number of nitrogens with one attached hydrogen (secondary N) is 2. The molecule has 6 N–H and O–H groups in total. The second kappa shape index (κ2) is 8.32. The molecule has 0 unspecified atom stereocenters. The van der Waals surface area contributed by atoms with Crippen LogP contribution in [-0.2, 0) is 0 Å². The summed E-state index contributed by atoms with van der Waals surface area (Å²) in [6.45, 7) is 6.15. The van der Waals surface area contributed by atoms with Crippen molar-refractivity contribution in [3.8, 4) is 0 Å². The zero-order valence-electron chi connectivity index (χ0n) is 14.2. The highest BCUT2D eigenvalue weighted by atomic mass is 14.9. The van der Waals surface area contributed by atoms with Crippen LogP contribution in [0.15, 0.2) is 36.4 Å². The Morgan fingerprint density at radius 2 is 1.13 bits per heavy atom. The third-order valence-corrected chi connectivity index (χ3v) is 3.99. The molecule has 0 atom stereocenters. The molecule has 0 aliphatic carbocycles. The van der Waals surface area contributed by atoms with Gasteiger partial charge in [0.2, 0.25) is 0 Å². The lowest BCUT2D eigenvalue weighted by molar-refractivity contribution is 0.720. The Kier molecular flexibility index (Phi) is 6.15. The first-order chi connectivity index (χ1) is 11.1. The first kappa shape index (κ1) is 17.0. The summed E-state index contributed by atoms with van der Waals surface area (Å²) >= 11 is 0. The fourth-order valence-corrected chi connectivity index (χ4v) is 2.64. The molecule has 0 saturated heterocycles. The van der Waals surface area contributed by atoms with Crippen LogP contribution in [0.25, 0.3) is 0 Å². The monoisotopic (exact) mass is 312 g/mol. The molecule has 0 aliphatic heterocycles. The summed E-state index contributed by atoms with van der Waals surface area (Å²) in [6.07, 6.45) is 3.51. The van der Waals surface area contributed by atoms with Crippen LogP contribution in [0.4, 0.5) is 22.7 Å². The number of aryl methyl sites for hydroxylation is 2. The van der Waals surface area contributed by atoms with Crippen molar-refractivity contribution in [1.29, 1.82) is 0 Å². The van der Waals surface area contributed by atoms with Gasteiger partial charge < -0.3 is 22.1 Å². The molecular formula is C19H28N4. The Hall–Kier alpha value is -2.36. The lowest BCUT2D eigenvalue weighted by atomic mass is 10.1. The lowest BCUT2D eigenvalue weighted by Gasteiger charge is -2.11. The van der Waals surface area contributed by atoms with Crippen molar-refractivity contribution in [3.05, 3.63) is 47.5 Å². The number of nitrogen functional groups attached to an aromatic ring is 2. The average Bonchev–Trinajstić information content (AvgIpc) is 2.50. The number of nitrogens with two attached hydrogens (primary N) is 2. The quantitative estimate of drug-likeness (QED) is 0.436. The molecule has 0 heterocycles. The molecule has 0 radical (unpaired) electrons. The van der Waals surface area contributed by atoms with Gasteiger partial charge in [-0.3, -0.25) is 0 Å². The standard InChI is InChI=1S/C19H28N4/c1-14-12-16(20)6-8-18(14)22-10-4-3-5-11-23-19-9-7-17(21)13-15(19)2/h6-9,12-13,22-23H,3-5,10-11,20-21H2,1-2H3. The second-order valence-corrected chi connectivity index (χ2v) is 6.06.